The Morgan fingerprint density at radius 1 is 1.48 bits per heavy atom. The highest BCUT2D eigenvalue weighted by Crippen LogP contribution is 2.28. The van der Waals surface area contributed by atoms with Crippen molar-refractivity contribution < 1.29 is 4.79 Å². The molecule has 0 saturated carbocycles. The number of amides is 1. The molecule has 1 aromatic carbocycles. The van der Waals surface area contributed by atoms with Gasteiger partial charge >= 0.3 is 0 Å². The maximum absolute atomic E-state index is 11.9. The zero-order chi connectivity index (χ0) is 15.4. The highest BCUT2D eigenvalue weighted by molar-refractivity contribution is 7.09. The Balaban J connectivity index is 2.19. The monoisotopic (exact) mass is 304 g/mol. The van der Waals surface area contributed by atoms with Gasteiger partial charge in [-0.3, -0.25) is 4.79 Å². The molecule has 1 amide bonds. The Morgan fingerprint density at radius 2 is 2.24 bits per heavy atom. The van der Waals surface area contributed by atoms with Crippen LogP contribution in [0.2, 0.25) is 0 Å². The van der Waals surface area contributed by atoms with Gasteiger partial charge in [0, 0.05) is 31.2 Å². The number of benzene rings is 1. The van der Waals surface area contributed by atoms with Gasteiger partial charge < -0.3 is 16.0 Å². The molecule has 21 heavy (non-hydrogen) atoms. The van der Waals surface area contributed by atoms with E-state index in [1.54, 1.807) is 43.8 Å². The van der Waals surface area contributed by atoms with Crippen LogP contribution < -0.4 is 11.1 Å². The Labute approximate surface area is 128 Å². The number of rotatable bonds is 5. The number of nitrogen functional groups attached to an aromatic ring is 1. The molecule has 112 valence electrons. The molecule has 0 spiro atoms. The molecule has 3 N–H and O–H groups in total. The largest absolute Gasteiger partial charge is 0.397 e. The van der Waals surface area contributed by atoms with Gasteiger partial charge in [-0.1, -0.05) is 6.92 Å². The van der Waals surface area contributed by atoms with E-state index < -0.39 is 0 Å². The fraction of sp³-hybridized carbons (Fsp3) is 0.333. The van der Waals surface area contributed by atoms with Crippen molar-refractivity contribution in [2.75, 3.05) is 25.1 Å². The van der Waals surface area contributed by atoms with E-state index in [4.69, 9.17) is 5.73 Å². The second-order valence-corrected chi connectivity index (χ2v) is 5.90. The van der Waals surface area contributed by atoms with Gasteiger partial charge in [0.2, 0.25) is 0 Å². The summed E-state index contributed by atoms with van der Waals surface area (Å²) in [5.41, 5.74) is 8.05. The van der Waals surface area contributed by atoms with Crippen LogP contribution in [0.4, 0.5) is 11.4 Å². The summed E-state index contributed by atoms with van der Waals surface area (Å²) >= 11 is 1.62. The number of nitrogens with zero attached hydrogens (tertiary/aromatic N) is 2. The molecule has 0 aliphatic rings. The molecule has 1 unspecified atom stereocenters. The molecule has 0 bridgehead atoms. The minimum Gasteiger partial charge on any atom is -0.397 e. The number of anilines is 2. The molecule has 5 nitrogen and oxygen atoms in total. The van der Waals surface area contributed by atoms with Crippen LogP contribution in [0.25, 0.3) is 0 Å². The van der Waals surface area contributed by atoms with Gasteiger partial charge in [0.15, 0.2) is 0 Å². The van der Waals surface area contributed by atoms with Crippen LogP contribution in [-0.4, -0.2) is 29.9 Å². The molecule has 0 fully saturated rings. The number of carbonyl (C=O) groups is 1. The highest BCUT2D eigenvalue weighted by atomic mass is 32.1. The molecule has 6 heteroatoms. The van der Waals surface area contributed by atoms with Gasteiger partial charge in [-0.15, -0.1) is 11.3 Å². The summed E-state index contributed by atoms with van der Waals surface area (Å²) in [6.07, 6.45) is 2.71. The maximum atomic E-state index is 11.9. The van der Waals surface area contributed by atoms with E-state index in [2.05, 4.69) is 17.2 Å². The number of nitrogens with one attached hydrogen (secondary N) is 1. The lowest BCUT2D eigenvalue weighted by molar-refractivity contribution is 0.0827. The average Bonchev–Trinajstić information content (AvgIpc) is 2.99. The van der Waals surface area contributed by atoms with E-state index in [9.17, 15) is 4.79 Å². The number of hydrogen-bond acceptors (Lipinski definition) is 5. The van der Waals surface area contributed by atoms with Crippen LogP contribution >= 0.6 is 11.3 Å². The minimum absolute atomic E-state index is 0.0554. The first kappa shape index (κ1) is 15.3. The standard InChI is InChI=1S/C15H20N4OS/c1-4-12(14-17-7-8-21-14)18-13-6-5-10(9-11(13)16)15(20)19(2)3/h5-9,12,18H,4,16H2,1-3H3. The van der Waals surface area contributed by atoms with Crippen LogP contribution in [0, 0.1) is 0 Å². The first-order valence-electron chi connectivity index (χ1n) is 6.80. The normalized spacial score (nSPS) is 12.0. The summed E-state index contributed by atoms with van der Waals surface area (Å²) in [5.74, 6) is -0.0554. The Kier molecular flexibility index (Phi) is 4.80. The van der Waals surface area contributed by atoms with Crippen LogP contribution in [-0.2, 0) is 0 Å². The van der Waals surface area contributed by atoms with Crippen molar-refractivity contribution in [1.82, 2.24) is 9.88 Å². The Hall–Kier alpha value is -2.08. The second kappa shape index (κ2) is 6.58. The molecule has 1 aromatic heterocycles. The van der Waals surface area contributed by atoms with E-state index >= 15 is 0 Å². The topological polar surface area (TPSA) is 71.2 Å². The Morgan fingerprint density at radius 3 is 2.76 bits per heavy atom. The molecule has 2 rings (SSSR count). The van der Waals surface area contributed by atoms with Gasteiger partial charge in [0.25, 0.3) is 5.91 Å². The lowest BCUT2D eigenvalue weighted by Gasteiger charge is -2.18. The molecular weight excluding hydrogens is 284 g/mol. The SMILES string of the molecule is CCC(Nc1ccc(C(=O)N(C)C)cc1N)c1nccs1. The van der Waals surface area contributed by atoms with Gasteiger partial charge in [-0.05, 0) is 24.6 Å². The lowest BCUT2D eigenvalue weighted by atomic mass is 10.1. The number of carbonyl (C=O) groups excluding carboxylic acids is 1. The lowest BCUT2D eigenvalue weighted by Crippen LogP contribution is -2.22. The predicted molar refractivity (Wildman–Crippen MR) is 87.6 cm³/mol. The quantitative estimate of drug-likeness (QED) is 0.833. The Bertz CT molecular complexity index is 610. The summed E-state index contributed by atoms with van der Waals surface area (Å²) in [6.45, 7) is 2.10. The predicted octanol–water partition coefficient (Wildman–Crippen LogP) is 2.99. The van der Waals surface area contributed by atoms with Crippen LogP contribution in [0.1, 0.15) is 34.8 Å². The van der Waals surface area contributed by atoms with Crippen molar-refractivity contribution in [2.45, 2.75) is 19.4 Å². The van der Waals surface area contributed by atoms with E-state index in [1.807, 2.05) is 11.4 Å². The van der Waals surface area contributed by atoms with E-state index in [0.29, 0.717) is 11.3 Å². The smallest absolute Gasteiger partial charge is 0.253 e. The third-order valence-electron chi connectivity index (χ3n) is 3.19. The zero-order valence-electron chi connectivity index (χ0n) is 12.5. The molecule has 0 saturated heterocycles. The van der Waals surface area contributed by atoms with E-state index in [1.165, 1.54) is 4.90 Å². The molecular formula is C15H20N4OS. The number of nitrogens with two attached hydrogens (primary N) is 1. The van der Waals surface area contributed by atoms with Crippen molar-refractivity contribution in [1.29, 1.82) is 0 Å². The van der Waals surface area contributed by atoms with Crippen molar-refractivity contribution >= 4 is 28.6 Å². The van der Waals surface area contributed by atoms with Gasteiger partial charge in [-0.25, -0.2) is 4.98 Å². The average molecular weight is 304 g/mol. The van der Waals surface area contributed by atoms with Gasteiger partial charge in [-0.2, -0.15) is 0 Å². The molecule has 1 atom stereocenters. The fourth-order valence-electron chi connectivity index (χ4n) is 2.02. The molecule has 0 radical (unpaired) electrons. The summed E-state index contributed by atoms with van der Waals surface area (Å²) in [4.78, 5) is 17.8. The summed E-state index contributed by atoms with van der Waals surface area (Å²) in [6, 6.07) is 5.47. The third kappa shape index (κ3) is 3.52. The molecule has 0 aliphatic heterocycles. The number of hydrogen-bond donors (Lipinski definition) is 2. The first-order valence-corrected chi connectivity index (χ1v) is 7.68. The van der Waals surface area contributed by atoms with Gasteiger partial charge in [0.05, 0.1) is 17.4 Å². The number of aromatic nitrogens is 1. The van der Waals surface area contributed by atoms with Crippen LogP contribution in [0.5, 0.6) is 0 Å². The third-order valence-corrected chi connectivity index (χ3v) is 4.08. The zero-order valence-corrected chi connectivity index (χ0v) is 13.3. The van der Waals surface area contributed by atoms with Crippen molar-refractivity contribution in [2.24, 2.45) is 0 Å². The van der Waals surface area contributed by atoms with Crippen LogP contribution in [0.3, 0.4) is 0 Å². The molecule has 1 heterocycles. The van der Waals surface area contributed by atoms with E-state index in [-0.39, 0.29) is 11.9 Å². The highest BCUT2D eigenvalue weighted by Gasteiger charge is 2.15. The first-order chi connectivity index (χ1) is 10.0. The maximum Gasteiger partial charge on any atom is 0.253 e. The second-order valence-electron chi connectivity index (χ2n) is 4.98. The fourth-order valence-corrected chi connectivity index (χ4v) is 2.79. The summed E-state index contributed by atoms with van der Waals surface area (Å²) < 4.78 is 0. The van der Waals surface area contributed by atoms with Crippen molar-refractivity contribution in [3.05, 3.63) is 40.3 Å². The minimum atomic E-state index is -0.0554. The summed E-state index contributed by atoms with van der Waals surface area (Å²) in [5, 5.41) is 6.39. The van der Waals surface area contributed by atoms with Crippen molar-refractivity contribution in [3.8, 4) is 0 Å². The van der Waals surface area contributed by atoms with Crippen LogP contribution in [0.15, 0.2) is 29.8 Å². The number of thiazole rings is 1. The van der Waals surface area contributed by atoms with Gasteiger partial charge in [0.1, 0.15) is 5.01 Å². The molecule has 0 aliphatic carbocycles. The molecule has 2 aromatic rings. The van der Waals surface area contributed by atoms with Crippen molar-refractivity contribution in [3.63, 3.8) is 0 Å². The summed E-state index contributed by atoms with van der Waals surface area (Å²) in [7, 11) is 3.44. The van der Waals surface area contributed by atoms with E-state index in [0.717, 1.165) is 17.1 Å².